The average Bonchev–Trinajstić information content (AvgIpc) is 2.36. The molecule has 0 saturated carbocycles. The zero-order valence-electron chi connectivity index (χ0n) is 9.88. The van der Waals surface area contributed by atoms with Gasteiger partial charge < -0.3 is 5.32 Å². The van der Waals surface area contributed by atoms with Crippen molar-refractivity contribution in [2.75, 3.05) is 5.32 Å². The third-order valence-electron chi connectivity index (χ3n) is 2.45. The number of anilines is 1. The van der Waals surface area contributed by atoms with E-state index in [-0.39, 0.29) is 5.56 Å². The second-order valence-electron chi connectivity index (χ2n) is 3.91. The highest BCUT2D eigenvalue weighted by Crippen LogP contribution is 2.19. The molecule has 1 aromatic heterocycles. The molecule has 98 valence electrons. The van der Waals surface area contributed by atoms with E-state index in [0.29, 0.717) is 15.3 Å². The van der Waals surface area contributed by atoms with E-state index in [1.807, 2.05) is 0 Å². The zero-order chi connectivity index (χ0) is 14.0. The van der Waals surface area contributed by atoms with Gasteiger partial charge >= 0.3 is 0 Å². The number of nitrogens with zero attached hydrogens (tertiary/aromatic N) is 1. The standard InChI is InChI=1S/C13H9BrClFN2O/c1-7-4-9(6-17-12(7)15)18-13(19)10-5-8(14)2-3-11(10)16/h2-6H,1H3,(H,18,19). The minimum Gasteiger partial charge on any atom is -0.320 e. The van der Waals surface area contributed by atoms with Crippen molar-refractivity contribution in [2.24, 2.45) is 0 Å². The summed E-state index contributed by atoms with van der Waals surface area (Å²) in [5, 5.41) is 2.94. The Hall–Kier alpha value is -1.46. The molecule has 1 aromatic carbocycles. The van der Waals surface area contributed by atoms with Gasteiger partial charge in [0.1, 0.15) is 11.0 Å². The largest absolute Gasteiger partial charge is 0.320 e. The number of pyridine rings is 1. The van der Waals surface area contributed by atoms with Crippen LogP contribution in [0.5, 0.6) is 0 Å². The lowest BCUT2D eigenvalue weighted by atomic mass is 10.2. The number of carbonyl (C=O) groups is 1. The summed E-state index contributed by atoms with van der Waals surface area (Å²) in [4.78, 5) is 15.9. The molecule has 2 aromatic rings. The summed E-state index contributed by atoms with van der Waals surface area (Å²) in [6.45, 7) is 1.77. The summed E-state index contributed by atoms with van der Waals surface area (Å²) < 4.78 is 14.2. The molecule has 0 bridgehead atoms. The predicted molar refractivity (Wildman–Crippen MR) is 76.0 cm³/mol. The fraction of sp³-hybridized carbons (Fsp3) is 0.0769. The number of carbonyl (C=O) groups excluding carboxylic acids is 1. The van der Waals surface area contributed by atoms with E-state index in [1.165, 1.54) is 24.4 Å². The van der Waals surface area contributed by atoms with Crippen LogP contribution in [-0.4, -0.2) is 10.9 Å². The monoisotopic (exact) mass is 342 g/mol. The molecule has 19 heavy (non-hydrogen) atoms. The minimum atomic E-state index is -0.584. The molecule has 1 heterocycles. The summed E-state index contributed by atoms with van der Waals surface area (Å²) >= 11 is 8.98. The fourth-order valence-corrected chi connectivity index (χ4v) is 1.96. The van der Waals surface area contributed by atoms with E-state index in [9.17, 15) is 9.18 Å². The Labute approximate surface area is 122 Å². The van der Waals surface area contributed by atoms with E-state index >= 15 is 0 Å². The van der Waals surface area contributed by atoms with Crippen molar-refractivity contribution in [1.29, 1.82) is 0 Å². The summed E-state index contributed by atoms with van der Waals surface area (Å²) in [5.74, 6) is -1.12. The predicted octanol–water partition coefficient (Wildman–Crippen LogP) is 4.20. The summed E-state index contributed by atoms with van der Waals surface area (Å²) in [5.41, 5.74) is 1.16. The molecule has 0 radical (unpaired) electrons. The lowest BCUT2D eigenvalue weighted by Gasteiger charge is -2.07. The van der Waals surface area contributed by atoms with Crippen LogP contribution < -0.4 is 5.32 Å². The van der Waals surface area contributed by atoms with Crippen LogP contribution in [0.2, 0.25) is 5.15 Å². The van der Waals surface area contributed by atoms with Crippen molar-refractivity contribution in [1.82, 2.24) is 4.98 Å². The molecule has 0 atom stereocenters. The second kappa shape index (κ2) is 5.67. The first-order valence-electron chi connectivity index (χ1n) is 5.36. The van der Waals surface area contributed by atoms with Gasteiger partial charge in [0.15, 0.2) is 0 Å². The molecule has 0 fully saturated rings. The Morgan fingerprint density at radius 1 is 1.42 bits per heavy atom. The van der Waals surface area contributed by atoms with Crippen molar-refractivity contribution >= 4 is 39.1 Å². The first kappa shape index (κ1) is 14.0. The third-order valence-corrected chi connectivity index (χ3v) is 3.33. The zero-order valence-corrected chi connectivity index (χ0v) is 12.2. The summed E-state index contributed by atoms with van der Waals surface area (Å²) in [6.07, 6.45) is 1.42. The number of rotatable bonds is 2. The minimum absolute atomic E-state index is 0.0398. The molecule has 2 rings (SSSR count). The van der Waals surface area contributed by atoms with Crippen LogP contribution in [0.25, 0.3) is 0 Å². The van der Waals surface area contributed by atoms with Crippen molar-refractivity contribution in [3.05, 3.63) is 57.0 Å². The Morgan fingerprint density at radius 3 is 2.84 bits per heavy atom. The van der Waals surface area contributed by atoms with Crippen LogP contribution in [0.4, 0.5) is 10.1 Å². The number of aromatic nitrogens is 1. The number of hydrogen-bond acceptors (Lipinski definition) is 2. The highest BCUT2D eigenvalue weighted by atomic mass is 79.9. The van der Waals surface area contributed by atoms with Crippen LogP contribution >= 0.6 is 27.5 Å². The van der Waals surface area contributed by atoms with Crippen LogP contribution in [0, 0.1) is 12.7 Å². The van der Waals surface area contributed by atoms with Gasteiger partial charge in [-0.05, 0) is 36.8 Å². The van der Waals surface area contributed by atoms with Gasteiger partial charge in [0.05, 0.1) is 17.4 Å². The number of nitrogens with one attached hydrogen (secondary N) is 1. The van der Waals surface area contributed by atoms with Gasteiger partial charge in [-0.25, -0.2) is 9.37 Å². The third kappa shape index (κ3) is 3.30. The first-order valence-corrected chi connectivity index (χ1v) is 6.53. The maximum Gasteiger partial charge on any atom is 0.258 e. The van der Waals surface area contributed by atoms with Crippen LogP contribution in [-0.2, 0) is 0 Å². The van der Waals surface area contributed by atoms with Crippen molar-refractivity contribution < 1.29 is 9.18 Å². The fourth-order valence-electron chi connectivity index (χ4n) is 1.50. The molecule has 1 amide bonds. The van der Waals surface area contributed by atoms with Crippen molar-refractivity contribution in [3.63, 3.8) is 0 Å². The Balaban J connectivity index is 2.25. The summed E-state index contributed by atoms with van der Waals surface area (Å²) in [7, 11) is 0. The van der Waals surface area contributed by atoms with Gasteiger partial charge in [-0.3, -0.25) is 4.79 Å². The maximum atomic E-state index is 13.5. The Kier molecular flexibility index (Phi) is 4.17. The molecular weight excluding hydrogens is 335 g/mol. The van der Waals surface area contributed by atoms with Crippen LogP contribution in [0.15, 0.2) is 34.9 Å². The number of hydrogen-bond donors (Lipinski definition) is 1. The van der Waals surface area contributed by atoms with E-state index in [1.54, 1.807) is 13.0 Å². The molecule has 0 spiro atoms. The molecule has 1 N–H and O–H groups in total. The molecule has 0 aliphatic carbocycles. The SMILES string of the molecule is Cc1cc(NC(=O)c2cc(Br)ccc2F)cnc1Cl. The highest BCUT2D eigenvalue weighted by molar-refractivity contribution is 9.10. The first-order chi connectivity index (χ1) is 8.97. The van der Waals surface area contributed by atoms with E-state index in [0.717, 1.165) is 5.56 Å². The molecular formula is C13H9BrClFN2O. The summed E-state index contributed by atoms with van der Waals surface area (Å²) in [6, 6.07) is 5.84. The highest BCUT2D eigenvalue weighted by Gasteiger charge is 2.13. The lowest BCUT2D eigenvalue weighted by Crippen LogP contribution is -2.14. The quantitative estimate of drug-likeness (QED) is 0.831. The van der Waals surface area contributed by atoms with Crippen molar-refractivity contribution in [3.8, 4) is 0 Å². The smallest absolute Gasteiger partial charge is 0.258 e. The van der Waals surface area contributed by atoms with E-state index in [2.05, 4.69) is 26.2 Å². The van der Waals surface area contributed by atoms with Gasteiger partial charge in [0.25, 0.3) is 5.91 Å². The van der Waals surface area contributed by atoms with Gasteiger partial charge in [-0.1, -0.05) is 27.5 Å². The number of benzene rings is 1. The molecule has 6 heteroatoms. The van der Waals surface area contributed by atoms with Gasteiger partial charge in [0, 0.05) is 4.47 Å². The van der Waals surface area contributed by atoms with Gasteiger partial charge in [0.2, 0.25) is 0 Å². The Morgan fingerprint density at radius 2 is 2.16 bits per heavy atom. The van der Waals surface area contributed by atoms with Crippen molar-refractivity contribution in [2.45, 2.75) is 6.92 Å². The van der Waals surface area contributed by atoms with Gasteiger partial charge in [-0.2, -0.15) is 0 Å². The average molecular weight is 344 g/mol. The second-order valence-corrected chi connectivity index (χ2v) is 5.18. The Bertz CT molecular complexity index is 649. The van der Waals surface area contributed by atoms with Crippen LogP contribution in [0.3, 0.4) is 0 Å². The van der Waals surface area contributed by atoms with Gasteiger partial charge in [-0.15, -0.1) is 0 Å². The molecule has 3 nitrogen and oxygen atoms in total. The molecule has 0 saturated heterocycles. The molecule has 0 unspecified atom stereocenters. The number of aryl methyl sites for hydroxylation is 1. The number of halogens is 3. The normalized spacial score (nSPS) is 10.3. The van der Waals surface area contributed by atoms with E-state index in [4.69, 9.17) is 11.6 Å². The van der Waals surface area contributed by atoms with Crippen LogP contribution in [0.1, 0.15) is 15.9 Å². The topological polar surface area (TPSA) is 42.0 Å². The molecule has 0 aliphatic heterocycles. The van der Waals surface area contributed by atoms with E-state index < -0.39 is 11.7 Å². The number of amides is 1. The lowest BCUT2D eigenvalue weighted by molar-refractivity contribution is 0.102. The maximum absolute atomic E-state index is 13.5. The molecule has 0 aliphatic rings.